The number of halogens is 2. The Balaban J connectivity index is 2.00. The number of hydrogen-bond donors (Lipinski definition) is 0. The van der Waals surface area contributed by atoms with Crippen LogP contribution in [-0.4, -0.2) is 9.55 Å². The number of aromatic nitrogens is 2. The van der Waals surface area contributed by atoms with Crippen LogP contribution in [0.5, 0.6) is 0 Å². The van der Waals surface area contributed by atoms with E-state index in [2.05, 4.69) is 36.8 Å². The van der Waals surface area contributed by atoms with E-state index in [0.29, 0.717) is 11.3 Å². The lowest BCUT2D eigenvalue weighted by Gasteiger charge is -2.22. The van der Waals surface area contributed by atoms with Gasteiger partial charge in [-0.1, -0.05) is 35.2 Å². The SMILES string of the molecule is O=c1c2cc(Br)cc(Br)c2ncn1CC1CCCCC1. The Morgan fingerprint density at radius 1 is 1.20 bits per heavy atom. The van der Waals surface area contributed by atoms with E-state index in [1.54, 1.807) is 10.9 Å². The summed E-state index contributed by atoms with van der Waals surface area (Å²) in [6, 6.07) is 3.77. The fraction of sp³-hybridized carbons (Fsp3) is 0.467. The molecule has 0 spiro atoms. The molecule has 106 valence electrons. The summed E-state index contributed by atoms with van der Waals surface area (Å²) < 4.78 is 3.52. The molecule has 0 amide bonds. The van der Waals surface area contributed by atoms with E-state index >= 15 is 0 Å². The van der Waals surface area contributed by atoms with Crippen molar-refractivity contribution in [3.63, 3.8) is 0 Å². The predicted molar refractivity (Wildman–Crippen MR) is 88.0 cm³/mol. The van der Waals surface area contributed by atoms with Crippen molar-refractivity contribution in [1.29, 1.82) is 0 Å². The summed E-state index contributed by atoms with van der Waals surface area (Å²) in [5, 5.41) is 0.671. The van der Waals surface area contributed by atoms with Crippen molar-refractivity contribution in [2.45, 2.75) is 38.6 Å². The fourth-order valence-corrected chi connectivity index (χ4v) is 4.30. The second-order valence-corrected chi connectivity index (χ2v) is 7.26. The van der Waals surface area contributed by atoms with Gasteiger partial charge in [-0.05, 0) is 46.8 Å². The highest BCUT2D eigenvalue weighted by atomic mass is 79.9. The fourth-order valence-electron chi connectivity index (χ4n) is 2.97. The molecule has 0 bridgehead atoms. The summed E-state index contributed by atoms with van der Waals surface area (Å²) in [6.45, 7) is 0.798. The van der Waals surface area contributed by atoms with Gasteiger partial charge >= 0.3 is 0 Å². The summed E-state index contributed by atoms with van der Waals surface area (Å²) in [5.41, 5.74) is 0.792. The van der Waals surface area contributed by atoms with Gasteiger partial charge in [-0.2, -0.15) is 0 Å². The minimum absolute atomic E-state index is 0.0579. The zero-order valence-corrected chi connectivity index (χ0v) is 14.3. The average Bonchev–Trinajstić information content (AvgIpc) is 2.43. The van der Waals surface area contributed by atoms with Gasteiger partial charge in [-0.25, -0.2) is 4.98 Å². The quantitative estimate of drug-likeness (QED) is 0.744. The number of hydrogen-bond acceptors (Lipinski definition) is 2. The molecule has 0 radical (unpaired) electrons. The van der Waals surface area contributed by atoms with Crippen LogP contribution in [0.25, 0.3) is 10.9 Å². The van der Waals surface area contributed by atoms with Gasteiger partial charge in [0.2, 0.25) is 0 Å². The Bertz CT molecular complexity index is 690. The van der Waals surface area contributed by atoms with Crippen LogP contribution >= 0.6 is 31.9 Å². The Kier molecular flexibility index (Phi) is 4.26. The van der Waals surface area contributed by atoms with Crippen LogP contribution in [0, 0.1) is 5.92 Å². The number of nitrogens with zero attached hydrogens (tertiary/aromatic N) is 2. The van der Waals surface area contributed by atoms with Crippen molar-refractivity contribution >= 4 is 42.8 Å². The molecule has 0 unspecified atom stereocenters. The molecule has 1 aromatic heterocycles. The van der Waals surface area contributed by atoms with Crippen molar-refractivity contribution in [3.8, 4) is 0 Å². The molecule has 0 saturated heterocycles. The van der Waals surface area contributed by atoms with Gasteiger partial charge in [-0.15, -0.1) is 0 Å². The van der Waals surface area contributed by atoms with Gasteiger partial charge in [0.25, 0.3) is 5.56 Å². The second kappa shape index (κ2) is 5.98. The lowest BCUT2D eigenvalue weighted by Crippen LogP contribution is -2.25. The summed E-state index contributed by atoms with van der Waals surface area (Å²) in [7, 11) is 0. The first-order chi connectivity index (χ1) is 9.65. The zero-order chi connectivity index (χ0) is 14.1. The molecular weight excluding hydrogens is 384 g/mol. The van der Waals surface area contributed by atoms with Gasteiger partial charge in [-0.3, -0.25) is 9.36 Å². The highest BCUT2D eigenvalue weighted by Crippen LogP contribution is 2.26. The molecule has 0 N–H and O–H groups in total. The van der Waals surface area contributed by atoms with E-state index in [-0.39, 0.29) is 5.56 Å². The molecular formula is C15H16Br2N2O. The first-order valence-corrected chi connectivity index (χ1v) is 8.58. The smallest absolute Gasteiger partial charge is 0.261 e. The van der Waals surface area contributed by atoms with Crippen LogP contribution < -0.4 is 5.56 Å². The van der Waals surface area contributed by atoms with E-state index in [9.17, 15) is 4.79 Å². The van der Waals surface area contributed by atoms with Crippen LogP contribution in [0.1, 0.15) is 32.1 Å². The zero-order valence-electron chi connectivity index (χ0n) is 11.1. The largest absolute Gasteiger partial charge is 0.298 e. The van der Waals surface area contributed by atoms with Crippen molar-refractivity contribution in [3.05, 3.63) is 37.8 Å². The first kappa shape index (κ1) is 14.3. The molecule has 3 nitrogen and oxygen atoms in total. The maximum absolute atomic E-state index is 12.6. The summed E-state index contributed by atoms with van der Waals surface area (Å²) in [6.07, 6.45) is 8.06. The van der Waals surface area contributed by atoms with Crippen molar-refractivity contribution in [2.24, 2.45) is 5.92 Å². The molecule has 1 aliphatic carbocycles. The monoisotopic (exact) mass is 398 g/mol. The van der Waals surface area contributed by atoms with E-state index < -0.39 is 0 Å². The number of rotatable bonds is 2. The van der Waals surface area contributed by atoms with Crippen molar-refractivity contribution < 1.29 is 0 Å². The molecule has 1 fully saturated rings. The molecule has 1 saturated carbocycles. The highest BCUT2D eigenvalue weighted by molar-refractivity contribution is 9.11. The Labute approximate surface area is 134 Å². The minimum Gasteiger partial charge on any atom is -0.298 e. The molecule has 1 aromatic carbocycles. The minimum atomic E-state index is 0.0579. The highest BCUT2D eigenvalue weighted by Gasteiger charge is 2.16. The van der Waals surface area contributed by atoms with E-state index in [4.69, 9.17) is 0 Å². The van der Waals surface area contributed by atoms with Crippen LogP contribution in [0.4, 0.5) is 0 Å². The second-order valence-electron chi connectivity index (χ2n) is 5.49. The van der Waals surface area contributed by atoms with Gasteiger partial charge in [0.05, 0.1) is 17.2 Å². The molecule has 1 aliphatic rings. The third-order valence-corrected chi connectivity index (χ3v) is 5.09. The van der Waals surface area contributed by atoms with Gasteiger partial charge < -0.3 is 0 Å². The predicted octanol–water partition coefficient (Wildman–Crippen LogP) is 4.50. The standard InChI is InChI=1S/C15H16Br2N2O/c16-11-6-12-14(13(17)7-11)18-9-19(15(12)20)8-10-4-2-1-3-5-10/h6-7,9-10H,1-5,8H2. The molecule has 0 atom stereocenters. The Morgan fingerprint density at radius 3 is 2.70 bits per heavy atom. The first-order valence-electron chi connectivity index (χ1n) is 6.99. The van der Waals surface area contributed by atoms with Crippen molar-refractivity contribution in [2.75, 3.05) is 0 Å². The lowest BCUT2D eigenvalue weighted by molar-refractivity contribution is 0.315. The summed E-state index contributed by atoms with van der Waals surface area (Å²) in [5.74, 6) is 0.622. The summed E-state index contributed by atoms with van der Waals surface area (Å²) >= 11 is 6.90. The lowest BCUT2D eigenvalue weighted by atomic mass is 9.89. The van der Waals surface area contributed by atoms with Gasteiger partial charge in [0, 0.05) is 15.5 Å². The number of fused-ring (bicyclic) bond motifs is 1. The molecule has 3 rings (SSSR count). The third kappa shape index (κ3) is 2.84. The maximum atomic E-state index is 12.6. The Morgan fingerprint density at radius 2 is 1.95 bits per heavy atom. The van der Waals surface area contributed by atoms with Crippen molar-refractivity contribution in [1.82, 2.24) is 9.55 Å². The van der Waals surface area contributed by atoms with E-state index in [0.717, 1.165) is 21.0 Å². The van der Waals surface area contributed by atoms with Crippen LogP contribution in [0.3, 0.4) is 0 Å². The van der Waals surface area contributed by atoms with E-state index in [1.807, 2.05) is 12.1 Å². The molecule has 20 heavy (non-hydrogen) atoms. The normalized spacial score (nSPS) is 16.7. The van der Waals surface area contributed by atoms with E-state index in [1.165, 1.54) is 32.1 Å². The number of benzene rings is 1. The van der Waals surface area contributed by atoms with Crippen LogP contribution in [0.15, 0.2) is 32.2 Å². The molecule has 0 aliphatic heterocycles. The average molecular weight is 400 g/mol. The Hall–Kier alpha value is -0.680. The third-order valence-electron chi connectivity index (χ3n) is 4.03. The molecule has 1 heterocycles. The van der Waals surface area contributed by atoms with Crippen LogP contribution in [-0.2, 0) is 6.54 Å². The molecule has 2 aromatic rings. The molecule has 5 heteroatoms. The van der Waals surface area contributed by atoms with Crippen LogP contribution in [0.2, 0.25) is 0 Å². The topological polar surface area (TPSA) is 34.9 Å². The van der Waals surface area contributed by atoms with Gasteiger partial charge in [0.1, 0.15) is 0 Å². The van der Waals surface area contributed by atoms with Gasteiger partial charge in [0.15, 0.2) is 0 Å². The summed E-state index contributed by atoms with van der Waals surface area (Å²) in [4.78, 5) is 17.0. The maximum Gasteiger partial charge on any atom is 0.261 e.